The number of methoxy groups -OCH3 is 2. The summed E-state index contributed by atoms with van der Waals surface area (Å²) in [6.07, 6.45) is 4.00. The Morgan fingerprint density at radius 2 is 1.58 bits per heavy atom. The Morgan fingerprint density at radius 3 is 2.21 bits per heavy atom. The molecular weight excluding hydrogens is 238 g/mol. The van der Waals surface area contributed by atoms with Crippen molar-refractivity contribution in [3.05, 3.63) is 53.6 Å². The Labute approximate surface area is 113 Å². The number of hydrogen-bond donors (Lipinski definition) is 1. The number of benzene rings is 2. The van der Waals surface area contributed by atoms with Gasteiger partial charge in [0.25, 0.3) is 0 Å². The van der Waals surface area contributed by atoms with Gasteiger partial charge in [0.1, 0.15) is 11.5 Å². The van der Waals surface area contributed by atoms with Crippen molar-refractivity contribution in [1.82, 2.24) is 0 Å². The Morgan fingerprint density at radius 1 is 0.895 bits per heavy atom. The first-order valence-corrected chi connectivity index (χ1v) is 5.99. The summed E-state index contributed by atoms with van der Waals surface area (Å²) in [6.45, 7) is 0. The standard InChI is InChI=1S/C16H17NO2/c1-18-15-11-14(17)16(19-2)10-13(15)9-8-12-6-4-3-5-7-12/h3-11H,17H2,1-2H3. The predicted molar refractivity (Wildman–Crippen MR) is 79.3 cm³/mol. The highest BCUT2D eigenvalue weighted by atomic mass is 16.5. The maximum absolute atomic E-state index is 5.85. The van der Waals surface area contributed by atoms with E-state index in [4.69, 9.17) is 15.2 Å². The smallest absolute Gasteiger partial charge is 0.142 e. The Bertz CT molecular complexity index is 577. The van der Waals surface area contributed by atoms with E-state index in [1.54, 1.807) is 20.3 Å². The first kappa shape index (κ1) is 13.0. The third-order valence-electron chi connectivity index (χ3n) is 2.84. The van der Waals surface area contributed by atoms with Gasteiger partial charge in [-0.25, -0.2) is 0 Å². The van der Waals surface area contributed by atoms with Crippen LogP contribution in [0.1, 0.15) is 11.1 Å². The van der Waals surface area contributed by atoms with E-state index in [9.17, 15) is 0 Å². The second-order valence-electron chi connectivity index (χ2n) is 4.08. The van der Waals surface area contributed by atoms with Crippen molar-refractivity contribution >= 4 is 17.8 Å². The summed E-state index contributed by atoms with van der Waals surface area (Å²) in [6, 6.07) is 13.7. The minimum atomic E-state index is 0.566. The Balaban J connectivity index is 2.36. The van der Waals surface area contributed by atoms with Crippen LogP contribution in [-0.4, -0.2) is 14.2 Å². The van der Waals surface area contributed by atoms with E-state index in [1.807, 2.05) is 48.6 Å². The lowest BCUT2D eigenvalue weighted by molar-refractivity contribution is 0.404. The van der Waals surface area contributed by atoms with E-state index in [2.05, 4.69) is 0 Å². The Hall–Kier alpha value is -2.42. The van der Waals surface area contributed by atoms with Gasteiger partial charge in [-0.05, 0) is 11.6 Å². The van der Waals surface area contributed by atoms with Gasteiger partial charge in [0, 0.05) is 11.6 Å². The van der Waals surface area contributed by atoms with E-state index < -0.39 is 0 Å². The average Bonchev–Trinajstić information content (AvgIpc) is 2.46. The second kappa shape index (κ2) is 5.96. The van der Waals surface area contributed by atoms with E-state index in [0.717, 1.165) is 16.9 Å². The van der Waals surface area contributed by atoms with Gasteiger partial charge >= 0.3 is 0 Å². The predicted octanol–water partition coefficient (Wildman–Crippen LogP) is 3.46. The minimum absolute atomic E-state index is 0.566. The summed E-state index contributed by atoms with van der Waals surface area (Å²) in [5.41, 5.74) is 8.47. The number of rotatable bonds is 4. The topological polar surface area (TPSA) is 44.5 Å². The third kappa shape index (κ3) is 3.07. The molecular formula is C16H17NO2. The molecule has 0 aliphatic carbocycles. The fourth-order valence-corrected chi connectivity index (χ4v) is 1.83. The molecule has 0 bridgehead atoms. The fourth-order valence-electron chi connectivity index (χ4n) is 1.83. The zero-order valence-electron chi connectivity index (χ0n) is 11.1. The minimum Gasteiger partial charge on any atom is -0.496 e. The lowest BCUT2D eigenvalue weighted by Gasteiger charge is -2.10. The molecule has 0 unspecified atom stereocenters. The lowest BCUT2D eigenvalue weighted by atomic mass is 10.1. The second-order valence-corrected chi connectivity index (χ2v) is 4.08. The molecule has 0 aliphatic heterocycles. The number of nitrogen functional groups attached to an aromatic ring is 1. The summed E-state index contributed by atoms with van der Waals surface area (Å²) < 4.78 is 10.6. The van der Waals surface area contributed by atoms with Crippen molar-refractivity contribution in [2.75, 3.05) is 20.0 Å². The summed E-state index contributed by atoms with van der Waals surface area (Å²) in [5.74, 6) is 1.37. The molecule has 0 heterocycles. The van der Waals surface area contributed by atoms with Gasteiger partial charge in [0.2, 0.25) is 0 Å². The van der Waals surface area contributed by atoms with Crippen LogP contribution in [0.4, 0.5) is 5.69 Å². The van der Waals surface area contributed by atoms with E-state index >= 15 is 0 Å². The van der Waals surface area contributed by atoms with Crippen LogP contribution in [0.25, 0.3) is 12.2 Å². The highest BCUT2D eigenvalue weighted by molar-refractivity contribution is 5.76. The van der Waals surface area contributed by atoms with Gasteiger partial charge in [-0.1, -0.05) is 42.5 Å². The molecule has 3 nitrogen and oxygen atoms in total. The molecule has 3 heteroatoms. The van der Waals surface area contributed by atoms with Crippen molar-refractivity contribution < 1.29 is 9.47 Å². The fraction of sp³-hybridized carbons (Fsp3) is 0.125. The molecule has 0 saturated heterocycles. The number of hydrogen-bond acceptors (Lipinski definition) is 3. The highest BCUT2D eigenvalue weighted by Gasteiger charge is 2.06. The van der Waals surface area contributed by atoms with Crippen molar-refractivity contribution in [2.24, 2.45) is 0 Å². The van der Waals surface area contributed by atoms with Gasteiger partial charge in [0.05, 0.1) is 19.9 Å². The molecule has 0 aromatic heterocycles. The summed E-state index contributed by atoms with van der Waals surface area (Å²) in [5, 5.41) is 0. The van der Waals surface area contributed by atoms with Crippen LogP contribution in [0, 0.1) is 0 Å². The lowest BCUT2D eigenvalue weighted by Crippen LogP contribution is -1.95. The number of anilines is 1. The maximum Gasteiger partial charge on any atom is 0.142 e. The molecule has 0 fully saturated rings. The van der Waals surface area contributed by atoms with E-state index in [-0.39, 0.29) is 0 Å². The van der Waals surface area contributed by atoms with Crippen LogP contribution in [0.5, 0.6) is 11.5 Å². The molecule has 0 atom stereocenters. The van der Waals surface area contributed by atoms with E-state index in [1.165, 1.54) is 0 Å². The molecule has 0 radical (unpaired) electrons. The zero-order valence-corrected chi connectivity index (χ0v) is 11.1. The van der Waals surface area contributed by atoms with Gasteiger partial charge in [-0.15, -0.1) is 0 Å². The molecule has 0 aliphatic rings. The van der Waals surface area contributed by atoms with Crippen LogP contribution >= 0.6 is 0 Å². The maximum atomic E-state index is 5.85. The zero-order chi connectivity index (χ0) is 13.7. The van der Waals surface area contributed by atoms with Crippen molar-refractivity contribution in [2.45, 2.75) is 0 Å². The van der Waals surface area contributed by atoms with Gasteiger partial charge in [0.15, 0.2) is 0 Å². The molecule has 0 amide bonds. The van der Waals surface area contributed by atoms with Gasteiger partial charge in [-0.2, -0.15) is 0 Å². The highest BCUT2D eigenvalue weighted by Crippen LogP contribution is 2.31. The summed E-state index contributed by atoms with van der Waals surface area (Å²) >= 11 is 0. The largest absolute Gasteiger partial charge is 0.496 e. The monoisotopic (exact) mass is 255 g/mol. The van der Waals surface area contributed by atoms with Crippen LogP contribution in [-0.2, 0) is 0 Å². The summed E-state index contributed by atoms with van der Waals surface area (Å²) in [4.78, 5) is 0. The van der Waals surface area contributed by atoms with Crippen LogP contribution in [0.15, 0.2) is 42.5 Å². The SMILES string of the molecule is COc1cc(C=Cc2ccccc2)c(OC)cc1N. The number of ether oxygens (including phenoxy) is 2. The van der Waals surface area contributed by atoms with Crippen molar-refractivity contribution in [3.63, 3.8) is 0 Å². The Kier molecular flexibility index (Phi) is 4.08. The van der Waals surface area contributed by atoms with Gasteiger partial charge < -0.3 is 15.2 Å². The molecule has 2 N–H and O–H groups in total. The van der Waals surface area contributed by atoms with Gasteiger partial charge in [-0.3, -0.25) is 0 Å². The van der Waals surface area contributed by atoms with Crippen LogP contribution < -0.4 is 15.2 Å². The third-order valence-corrected chi connectivity index (χ3v) is 2.84. The molecule has 2 rings (SSSR count). The quantitative estimate of drug-likeness (QED) is 0.672. The normalized spacial score (nSPS) is 10.6. The molecule has 2 aromatic rings. The molecule has 0 spiro atoms. The van der Waals surface area contributed by atoms with Crippen LogP contribution in [0.3, 0.4) is 0 Å². The molecule has 19 heavy (non-hydrogen) atoms. The molecule has 0 saturated carbocycles. The molecule has 98 valence electrons. The summed E-state index contributed by atoms with van der Waals surface area (Å²) in [7, 11) is 3.23. The number of nitrogens with two attached hydrogens (primary N) is 1. The van der Waals surface area contributed by atoms with Crippen molar-refractivity contribution in [3.8, 4) is 11.5 Å². The van der Waals surface area contributed by atoms with Crippen LogP contribution in [0.2, 0.25) is 0 Å². The van der Waals surface area contributed by atoms with Crippen molar-refractivity contribution in [1.29, 1.82) is 0 Å². The molecule has 2 aromatic carbocycles. The van der Waals surface area contributed by atoms with E-state index in [0.29, 0.717) is 11.4 Å². The average molecular weight is 255 g/mol. The first-order chi connectivity index (χ1) is 9.24. The first-order valence-electron chi connectivity index (χ1n) is 5.99.